The fourth-order valence-corrected chi connectivity index (χ4v) is 5.07. The van der Waals surface area contributed by atoms with Gasteiger partial charge in [0, 0.05) is 23.1 Å². The first-order valence-corrected chi connectivity index (χ1v) is 12.2. The highest BCUT2D eigenvalue weighted by molar-refractivity contribution is 7.52. The number of carbonyl (C=O) groups is 1. The number of aliphatic hydroxyl groups excluding tert-OH is 1. The second-order valence-electron chi connectivity index (χ2n) is 7.91. The molecule has 6 atom stereocenters. The van der Waals surface area contributed by atoms with Crippen molar-refractivity contribution in [3.63, 3.8) is 0 Å². The SMILES string of the molecule is COC(=O)[C@H](C)NP(=O)(OC[C@@]1(N=[N+]=[N-])O[C@@H](n2ccc(=O)[nH]c2=O)[C@@H](C)[C@@H]1O)Oc1ccccc1. The van der Waals surface area contributed by atoms with Crippen molar-refractivity contribution in [2.45, 2.75) is 37.9 Å². The molecule has 1 aromatic carbocycles. The summed E-state index contributed by atoms with van der Waals surface area (Å²) in [4.78, 5) is 40.4. The summed E-state index contributed by atoms with van der Waals surface area (Å²) in [7, 11) is -3.24. The van der Waals surface area contributed by atoms with Gasteiger partial charge in [0.2, 0.25) is 0 Å². The summed E-state index contributed by atoms with van der Waals surface area (Å²) in [6.07, 6.45) is -1.57. The van der Waals surface area contributed by atoms with E-state index in [1.54, 1.807) is 18.2 Å². The number of nitrogens with zero attached hydrogens (tertiary/aromatic N) is 4. The van der Waals surface area contributed by atoms with Crippen LogP contribution in [0.1, 0.15) is 20.1 Å². The molecule has 1 aliphatic heterocycles. The molecule has 1 unspecified atom stereocenters. The van der Waals surface area contributed by atoms with E-state index < -0.39 is 61.6 Å². The lowest BCUT2D eigenvalue weighted by atomic mass is 9.98. The fraction of sp³-hybridized carbons (Fsp3) is 0.450. The van der Waals surface area contributed by atoms with Crippen LogP contribution < -0.4 is 20.9 Å². The molecule has 1 fully saturated rings. The van der Waals surface area contributed by atoms with E-state index in [2.05, 4.69) is 24.8 Å². The van der Waals surface area contributed by atoms with Crippen LogP contribution in [0.4, 0.5) is 0 Å². The number of carbonyl (C=O) groups excluding carboxylic acids is 1. The van der Waals surface area contributed by atoms with Gasteiger partial charge in [0.1, 0.15) is 18.0 Å². The maximum absolute atomic E-state index is 13.6. The molecule has 36 heavy (non-hydrogen) atoms. The molecule has 1 aliphatic rings. The number of ether oxygens (including phenoxy) is 2. The molecule has 0 amide bonds. The lowest BCUT2D eigenvalue weighted by Crippen LogP contribution is -2.44. The van der Waals surface area contributed by atoms with Gasteiger partial charge in [-0.05, 0) is 24.6 Å². The molecule has 1 aromatic heterocycles. The normalized spacial score (nSPS) is 25.8. The highest BCUT2D eigenvalue weighted by Crippen LogP contribution is 2.49. The molecule has 2 heterocycles. The predicted octanol–water partition coefficient (Wildman–Crippen LogP) is 1.42. The quantitative estimate of drug-likeness (QED) is 0.134. The number of benzene rings is 1. The van der Waals surface area contributed by atoms with Crippen LogP contribution >= 0.6 is 7.75 Å². The first-order valence-electron chi connectivity index (χ1n) is 10.6. The van der Waals surface area contributed by atoms with Crippen molar-refractivity contribution in [2.24, 2.45) is 11.0 Å². The Balaban J connectivity index is 1.92. The molecule has 2 aromatic rings. The van der Waals surface area contributed by atoms with Crippen LogP contribution in [0.15, 0.2) is 57.3 Å². The summed E-state index contributed by atoms with van der Waals surface area (Å²) in [5, 5.41) is 16.9. The van der Waals surface area contributed by atoms with Crippen molar-refractivity contribution in [3.8, 4) is 5.75 Å². The number of rotatable bonds is 10. The number of H-pyrrole nitrogens is 1. The molecule has 1 saturated heterocycles. The smallest absolute Gasteiger partial charge is 0.459 e. The summed E-state index contributed by atoms with van der Waals surface area (Å²) in [6.45, 7) is 2.07. The molecule has 3 rings (SSSR count). The van der Waals surface area contributed by atoms with Gasteiger partial charge in [0.05, 0.1) is 19.8 Å². The molecule has 0 spiro atoms. The number of azide groups is 1. The van der Waals surface area contributed by atoms with Gasteiger partial charge in [0.15, 0.2) is 5.72 Å². The molecule has 0 saturated carbocycles. The van der Waals surface area contributed by atoms with Gasteiger partial charge < -0.3 is 19.1 Å². The molecule has 0 radical (unpaired) electrons. The number of nitrogens with one attached hydrogen (secondary N) is 2. The van der Waals surface area contributed by atoms with Gasteiger partial charge in [-0.3, -0.25) is 23.7 Å². The number of para-hydroxylation sites is 1. The highest BCUT2D eigenvalue weighted by Gasteiger charge is 2.55. The Morgan fingerprint density at radius 1 is 1.39 bits per heavy atom. The van der Waals surface area contributed by atoms with E-state index in [-0.39, 0.29) is 5.75 Å². The average Bonchev–Trinajstić information content (AvgIpc) is 3.08. The molecule has 0 aliphatic carbocycles. The highest BCUT2D eigenvalue weighted by atomic mass is 31.2. The van der Waals surface area contributed by atoms with Crippen molar-refractivity contribution in [2.75, 3.05) is 13.7 Å². The standard InChI is InChI=1S/C20H25N6O9P/c1-12-16(28)20(24-25-21,34-17(12)26-10-9-15(27)22-19(26)30)11-33-36(31,23-13(2)18(29)32-3)35-14-7-5-4-6-8-14/h4-10,12-13,16-17,28H,11H2,1-3H3,(H,23,31)(H,22,27,30)/t12-,13-,16-,17+,20+,36?/m0/s1. The van der Waals surface area contributed by atoms with Crippen LogP contribution in [0.25, 0.3) is 10.4 Å². The average molecular weight is 524 g/mol. The number of aromatic amines is 1. The molecule has 0 bridgehead atoms. The molecule has 15 nitrogen and oxygen atoms in total. The van der Waals surface area contributed by atoms with Crippen LogP contribution in [0.2, 0.25) is 0 Å². The van der Waals surface area contributed by atoms with Crippen LogP contribution in [0.3, 0.4) is 0 Å². The van der Waals surface area contributed by atoms with Crippen molar-refractivity contribution in [1.29, 1.82) is 0 Å². The van der Waals surface area contributed by atoms with Gasteiger partial charge in [-0.15, -0.1) is 0 Å². The maximum Gasteiger partial charge on any atom is 0.459 e. The topological polar surface area (TPSA) is 207 Å². The predicted molar refractivity (Wildman–Crippen MR) is 124 cm³/mol. The van der Waals surface area contributed by atoms with Crippen LogP contribution in [0, 0.1) is 5.92 Å². The largest absolute Gasteiger partial charge is 0.468 e. The lowest BCUT2D eigenvalue weighted by molar-refractivity contribution is -0.142. The third-order valence-electron chi connectivity index (χ3n) is 5.39. The number of methoxy groups -OCH3 is 1. The van der Waals surface area contributed by atoms with Crippen LogP contribution in [-0.4, -0.2) is 52.2 Å². The second-order valence-corrected chi connectivity index (χ2v) is 9.61. The van der Waals surface area contributed by atoms with E-state index >= 15 is 0 Å². The Hall–Kier alpha value is -3.45. The van der Waals surface area contributed by atoms with Crippen LogP contribution in [-0.2, 0) is 23.4 Å². The Labute approximate surface area is 204 Å². The number of esters is 1. The van der Waals surface area contributed by atoms with Gasteiger partial charge in [-0.1, -0.05) is 30.2 Å². The van der Waals surface area contributed by atoms with Gasteiger partial charge in [-0.25, -0.2) is 9.36 Å². The first-order chi connectivity index (χ1) is 17.0. The molecular formula is C20H25N6O9P. The third-order valence-corrected chi connectivity index (χ3v) is 7.01. The zero-order chi connectivity index (χ0) is 26.5. The number of hydrogen-bond donors (Lipinski definition) is 3. The minimum atomic E-state index is -4.38. The van der Waals surface area contributed by atoms with Gasteiger partial charge in [-0.2, -0.15) is 5.09 Å². The van der Waals surface area contributed by atoms with Crippen molar-refractivity contribution >= 4 is 13.7 Å². The Kier molecular flexibility index (Phi) is 8.35. The summed E-state index contributed by atoms with van der Waals surface area (Å²) in [5.74, 6) is -1.48. The van der Waals surface area contributed by atoms with Crippen molar-refractivity contribution < 1.29 is 33.0 Å². The molecular weight excluding hydrogens is 499 g/mol. The van der Waals surface area contributed by atoms with Crippen LogP contribution in [0.5, 0.6) is 5.75 Å². The Bertz CT molecular complexity index is 1290. The second kappa shape index (κ2) is 11.1. The van der Waals surface area contributed by atoms with Crippen molar-refractivity contribution in [3.05, 3.63) is 73.9 Å². The number of aliphatic hydroxyl groups is 1. The third kappa shape index (κ3) is 5.85. The van der Waals surface area contributed by atoms with E-state index in [9.17, 15) is 29.6 Å². The van der Waals surface area contributed by atoms with Crippen molar-refractivity contribution in [1.82, 2.24) is 14.6 Å². The first kappa shape index (κ1) is 27.1. The fourth-order valence-electron chi connectivity index (χ4n) is 3.55. The van der Waals surface area contributed by atoms with Gasteiger partial charge >= 0.3 is 19.4 Å². The minimum Gasteiger partial charge on any atom is -0.468 e. The summed E-state index contributed by atoms with van der Waals surface area (Å²) < 4.78 is 36.1. The molecule has 3 N–H and O–H groups in total. The summed E-state index contributed by atoms with van der Waals surface area (Å²) in [5.41, 5.74) is 5.56. The number of aromatic nitrogens is 2. The Morgan fingerprint density at radius 2 is 2.08 bits per heavy atom. The van der Waals surface area contributed by atoms with E-state index in [1.807, 2.05) is 0 Å². The van der Waals surface area contributed by atoms with Gasteiger partial charge in [0.25, 0.3) is 5.56 Å². The zero-order valence-corrected chi connectivity index (χ0v) is 20.4. The summed E-state index contributed by atoms with van der Waals surface area (Å²) >= 11 is 0. The van der Waals surface area contributed by atoms with E-state index in [0.29, 0.717) is 0 Å². The van der Waals surface area contributed by atoms with E-state index in [4.69, 9.17) is 13.8 Å². The zero-order valence-electron chi connectivity index (χ0n) is 19.5. The molecule has 194 valence electrons. The monoisotopic (exact) mass is 524 g/mol. The lowest BCUT2D eigenvalue weighted by Gasteiger charge is -2.29. The summed E-state index contributed by atoms with van der Waals surface area (Å²) in [6, 6.07) is 7.85. The maximum atomic E-state index is 13.6. The number of hydrogen-bond acceptors (Lipinski definition) is 10. The van der Waals surface area contributed by atoms with E-state index in [1.165, 1.54) is 26.0 Å². The Morgan fingerprint density at radius 3 is 2.69 bits per heavy atom. The minimum absolute atomic E-state index is 0.127. The molecule has 16 heteroatoms. The van der Waals surface area contributed by atoms with E-state index in [0.717, 1.165) is 23.9 Å².